The summed E-state index contributed by atoms with van der Waals surface area (Å²) in [6.45, 7) is 5.71. The van der Waals surface area contributed by atoms with Gasteiger partial charge in [0.2, 0.25) is 5.91 Å². The molecule has 1 aliphatic heterocycles. The van der Waals surface area contributed by atoms with E-state index >= 15 is 0 Å². The molecule has 3 heterocycles. The second kappa shape index (κ2) is 11.0. The van der Waals surface area contributed by atoms with E-state index in [0.717, 1.165) is 25.9 Å². The first kappa shape index (κ1) is 24.9. The van der Waals surface area contributed by atoms with E-state index in [2.05, 4.69) is 39.3 Å². The Balaban J connectivity index is 1.50. The number of fused-ring (bicyclic) bond motifs is 1. The van der Waals surface area contributed by atoms with Gasteiger partial charge in [-0.2, -0.15) is 4.98 Å². The number of carbonyl (C=O) groups excluding carboxylic acids is 2. The van der Waals surface area contributed by atoms with Gasteiger partial charge in [0.1, 0.15) is 12.4 Å². The van der Waals surface area contributed by atoms with Crippen molar-refractivity contribution in [1.82, 2.24) is 24.8 Å². The van der Waals surface area contributed by atoms with Crippen LogP contribution in [0.15, 0.2) is 36.5 Å². The number of amides is 2. The number of hydrogen-bond acceptors (Lipinski definition) is 7. The van der Waals surface area contributed by atoms with Gasteiger partial charge in [0.15, 0.2) is 0 Å². The lowest BCUT2D eigenvalue weighted by molar-refractivity contribution is -0.116. The van der Waals surface area contributed by atoms with Crippen molar-refractivity contribution in [3.05, 3.63) is 47.1 Å². The minimum Gasteiger partial charge on any atom is -0.392 e. The topological polar surface area (TPSA) is 122 Å². The number of aliphatic hydroxyl groups is 1. The van der Waals surface area contributed by atoms with Crippen molar-refractivity contribution in [2.75, 3.05) is 18.4 Å². The Morgan fingerprint density at radius 3 is 2.66 bits per heavy atom. The molecule has 35 heavy (non-hydrogen) atoms. The number of nitrogens with one attached hydrogen (secondary N) is 2. The monoisotopic (exact) mass is 500 g/mol. The number of halogens is 1. The van der Waals surface area contributed by atoms with E-state index in [9.17, 15) is 14.7 Å². The number of para-hydroxylation sites is 1. The van der Waals surface area contributed by atoms with E-state index in [1.165, 1.54) is 10.8 Å². The highest BCUT2D eigenvalue weighted by Gasteiger charge is 2.24. The van der Waals surface area contributed by atoms with Crippen LogP contribution in [0.5, 0.6) is 6.01 Å². The molecule has 4 rings (SSSR count). The SMILES string of the molecule is CC(C)N1CCC(NC(=O)Oc2nc3c(CO)cccc3n2CC(=O)Nc2ccc(Cl)cn2)CC1. The lowest BCUT2D eigenvalue weighted by Gasteiger charge is -2.34. The van der Waals surface area contributed by atoms with Gasteiger partial charge in [-0.05, 0) is 44.9 Å². The molecular weight excluding hydrogens is 472 g/mol. The lowest BCUT2D eigenvalue weighted by Crippen LogP contribution is -2.47. The summed E-state index contributed by atoms with van der Waals surface area (Å²) in [6, 6.07) is 8.88. The Hall–Kier alpha value is -3.21. The highest BCUT2D eigenvalue weighted by atomic mass is 35.5. The third-order valence-electron chi connectivity index (χ3n) is 6.06. The summed E-state index contributed by atoms with van der Waals surface area (Å²) < 4.78 is 7.07. The number of pyridine rings is 1. The van der Waals surface area contributed by atoms with Crippen LogP contribution in [0.25, 0.3) is 11.0 Å². The second-order valence-electron chi connectivity index (χ2n) is 8.77. The van der Waals surface area contributed by atoms with Crippen LogP contribution in [0, 0.1) is 0 Å². The zero-order valence-corrected chi connectivity index (χ0v) is 20.5. The fourth-order valence-electron chi connectivity index (χ4n) is 4.16. The van der Waals surface area contributed by atoms with Crippen LogP contribution in [0.4, 0.5) is 10.6 Å². The number of ether oxygens (including phenoxy) is 1. The maximum Gasteiger partial charge on any atom is 0.415 e. The molecule has 0 radical (unpaired) electrons. The number of piperidine rings is 1. The highest BCUT2D eigenvalue weighted by molar-refractivity contribution is 6.30. The van der Waals surface area contributed by atoms with Gasteiger partial charge in [-0.25, -0.2) is 9.78 Å². The standard InChI is InChI=1S/C24H29ClN6O4/c1-15(2)30-10-8-18(9-11-30)27-24(34)35-23-29-22-16(14-32)4-3-5-19(22)31(23)13-21(33)28-20-7-6-17(25)12-26-20/h3-7,12,15,18,32H,8-11,13-14H2,1-2H3,(H,27,34)(H,26,28,33). The third-order valence-corrected chi connectivity index (χ3v) is 6.28. The number of carbonyl (C=O) groups is 2. The smallest absolute Gasteiger partial charge is 0.392 e. The van der Waals surface area contributed by atoms with Crippen LogP contribution in [-0.2, 0) is 17.9 Å². The van der Waals surface area contributed by atoms with Crippen molar-refractivity contribution in [3.8, 4) is 6.01 Å². The minimum absolute atomic E-state index is 0.00242. The first-order valence-electron chi connectivity index (χ1n) is 11.6. The molecule has 3 N–H and O–H groups in total. The molecule has 2 amide bonds. The maximum atomic E-state index is 12.8. The summed E-state index contributed by atoms with van der Waals surface area (Å²) in [4.78, 5) is 36.3. The predicted molar refractivity (Wildman–Crippen MR) is 132 cm³/mol. The molecule has 2 aromatic heterocycles. The van der Waals surface area contributed by atoms with E-state index < -0.39 is 6.09 Å². The van der Waals surface area contributed by atoms with Crippen LogP contribution in [0.3, 0.4) is 0 Å². The molecule has 1 saturated heterocycles. The molecule has 0 unspecified atom stereocenters. The molecule has 0 atom stereocenters. The Labute approximate surface area is 208 Å². The third kappa shape index (κ3) is 6.08. The molecule has 0 saturated carbocycles. The molecule has 0 aliphatic carbocycles. The summed E-state index contributed by atoms with van der Waals surface area (Å²) >= 11 is 5.85. The van der Waals surface area contributed by atoms with Gasteiger partial charge in [0.25, 0.3) is 0 Å². The van der Waals surface area contributed by atoms with Gasteiger partial charge in [-0.15, -0.1) is 0 Å². The number of aliphatic hydroxyl groups excluding tert-OH is 1. The quantitative estimate of drug-likeness (QED) is 0.455. The number of nitrogens with zero attached hydrogens (tertiary/aromatic N) is 4. The second-order valence-corrected chi connectivity index (χ2v) is 9.21. The van der Waals surface area contributed by atoms with Crippen LogP contribution in [-0.4, -0.2) is 61.7 Å². The average Bonchev–Trinajstić information content (AvgIpc) is 3.17. The molecule has 1 aliphatic rings. The Bertz CT molecular complexity index is 1190. The van der Waals surface area contributed by atoms with E-state index in [-0.39, 0.29) is 31.1 Å². The molecule has 1 fully saturated rings. The molecule has 0 bridgehead atoms. The predicted octanol–water partition coefficient (Wildman–Crippen LogP) is 3.18. The number of anilines is 1. The van der Waals surface area contributed by atoms with E-state index in [1.807, 2.05) is 0 Å². The molecule has 3 aromatic rings. The van der Waals surface area contributed by atoms with Crippen molar-refractivity contribution in [3.63, 3.8) is 0 Å². The first-order valence-corrected chi connectivity index (χ1v) is 11.9. The van der Waals surface area contributed by atoms with Crippen LogP contribution in [0.1, 0.15) is 32.3 Å². The molecule has 10 nitrogen and oxygen atoms in total. The number of rotatable bonds is 7. The fraction of sp³-hybridized carbons (Fsp3) is 0.417. The summed E-state index contributed by atoms with van der Waals surface area (Å²) in [6.07, 6.45) is 2.46. The normalized spacial score (nSPS) is 14.9. The van der Waals surface area contributed by atoms with Crippen molar-refractivity contribution in [2.45, 2.75) is 51.9 Å². The summed E-state index contributed by atoms with van der Waals surface area (Å²) in [5.41, 5.74) is 1.58. The Morgan fingerprint density at radius 1 is 1.23 bits per heavy atom. The minimum atomic E-state index is -0.630. The highest BCUT2D eigenvalue weighted by Crippen LogP contribution is 2.25. The van der Waals surface area contributed by atoms with Gasteiger partial charge >= 0.3 is 12.1 Å². The average molecular weight is 501 g/mol. The van der Waals surface area contributed by atoms with Crippen molar-refractivity contribution in [2.24, 2.45) is 0 Å². The number of likely N-dealkylation sites (tertiary alicyclic amines) is 1. The fourth-order valence-corrected chi connectivity index (χ4v) is 4.27. The summed E-state index contributed by atoms with van der Waals surface area (Å²) in [5, 5.41) is 15.8. The van der Waals surface area contributed by atoms with Crippen molar-refractivity contribution < 1.29 is 19.4 Å². The van der Waals surface area contributed by atoms with E-state index in [1.54, 1.807) is 30.3 Å². The number of aromatic nitrogens is 3. The van der Waals surface area contributed by atoms with Gasteiger partial charge < -0.3 is 25.4 Å². The summed E-state index contributed by atoms with van der Waals surface area (Å²) in [5.74, 6) is -0.0485. The van der Waals surface area contributed by atoms with Gasteiger partial charge in [0, 0.05) is 36.9 Å². The molecule has 11 heteroatoms. The molecule has 186 valence electrons. The van der Waals surface area contributed by atoms with E-state index in [4.69, 9.17) is 16.3 Å². The number of imidazole rings is 1. The Kier molecular flexibility index (Phi) is 7.84. The van der Waals surface area contributed by atoms with Crippen LogP contribution >= 0.6 is 11.6 Å². The molecule has 0 spiro atoms. The maximum absolute atomic E-state index is 12.8. The number of hydrogen-bond donors (Lipinski definition) is 3. The van der Waals surface area contributed by atoms with Crippen molar-refractivity contribution in [1.29, 1.82) is 0 Å². The number of benzene rings is 1. The molecular formula is C24H29ClN6O4. The Morgan fingerprint density at radius 2 is 2.00 bits per heavy atom. The first-order chi connectivity index (χ1) is 16.8. The van der Waals surface area contributed by atoms with E-state index in [0.29, 0.717) is 33.5 Å². The lowest BCUT2D eigenvalue weighted by atomic mass is 10.0. The van der Waals surface area contributed by atoms with Crippen molar-refractivity contribution >= 4 is 40.5 Å². The van der Waals surface area contributed by atoms with Gasteiger partial charge in [0.05, 0.1) is 22.7 Å². The van der Waals surface area contributed by atoms with Gasteiger partial charge in [-0.1, -0.05) is 23.7 Å². The summed E-state index contributed by atoms with van der Waals surface area (Å²) in [7, 11) is 0. The zero-order valence-electron chi connectivity index (χ0n) is 19.7. The van der Waals surface area contributed by atoms with Crippen LogP contribution in [0.2, 0.25) is 5.02 Å². The zero-order chi connectivity index (χ0) is 24.9. The van der Waals surface area contributed by atoms with Crippen LogP contribution < -0.4 is 15.4 Å². The largest absolute Gasteiger partial charge is 0.415 e. The van der Waals surface area contributed by atoms with Gasteiger partial charge in [-0.3, -0.25) is 9.36 Å². The molecule has 1 aromatic carbocycles.